The molecule has 0 aromatic rings. The van der Waals surface area contributed by atoms with E-state index in [2.05, 4.69) is 36.9 Å². The number of carbonyl (C=O) groups is 7. The highest BCUT2D eigenvalue weighted by atomic mass is 16.4. The number of aliphatic imine (C=N–C) groups is 1. The molecule has 21 heteroatoms. The van der Waals surface area contributed by atoms with E-state index in [1.165, 1.54) is 13.8 Å². The topological polar surface area (TPSA) is 363 Å². The van der Waals surface area contributed by atoms with Crippen molar-refractivity contribution in [1.29, 1.82) is 0 Å². The molecule has 0 aliphatic heterocycles. The van der Waals surface area contributed by atoms with Crippen LogP contribution in [0.15, 0.2) is 4.99 Å². The summed E-state index contributed by atoms with van der Waals surface area (Å²) < 4.78 is 0. The molecule has 0 saturated carbocycles. The molecule has 0 rings (SSSR count). The second-order valence-electron chi connectivity index (χ2n) is 12.8. The molecule has 6 amide bonds. The first kappa shape index (κ1) is 46.4. The van der Waals surface area contributed by atoms with Gasteiger partial charge in [-0.3, -0.25) is 33.8 Å². The van der Waals surface area contributed by atoms with Gasteiger partial charge in [-0.2, -0.15) is 0 Å². The van der Waals surface area contributed by atoms with Gasteiger partial charge in [-0.25, -0.2) is 4.79 Å². The highest BCUT2D eigenvalue weighted by Crippen LogP contribution is 2.10. The number of aliphatic hydroxyl groups excluding tert-OH is 3. The maximum atomic E-state index is 13.4. The van der Waals surface area contributed by atoms with Crippen LogP contribution in [0, 0.1) is 11.8 Å². The molecule has 0 aliphatic carbocycles. The van der Waals surface area contributed by atoms with Gasteiger partial charge in [0.05, 0.1) is 19.3 Å². The number of aliphatic hydroxyl groups is 3. The molecule has 21 nitrogen and oxygen atoms in total. The van der Waals surface area contributed by atoms with Crippen molar-refractivity contribution in [3.05, 3.63) is 0 Å². The fourth-order valence-corrected chi connectivity index (χ4v) is 4.34. The number of hydrogen-bond acceptors (Lipinski definition) is 12. The summed E-state index contributed by atoms with van der Waals surface area (Å²) in [6.07, 6.45) is -0.910. The molecule has 0 aromatic carbocycles. The van der Waals surface area contributed by atoms with Crippen LogP contribution in [0.3, 0.4) is 0 Å². The standard InChI is InChI=1S/C30H56N10O11/c1-13(2)10-18(24(45)40-22(14(3)4)28(49)36-17(29(50)51)8-7-9-34-30(32)33)37-23(44)15(5)35-25(46)19(11-41)38-26(47)20(12-42)39-27(48)21(31)16(6)43/h13-22,41-43H,7-12,31H2,1-6H3,(H,35,46)(H,36,49)(H,37,44)(H,38,47)(H,39,48)(H,40,45)(H,50,51)(H4,32,33,34)/t15-,16+,17-,18-,19-,20-,21-,22-/m0/s1. The first-order valence-corrected chi connectivity index (χ1v) is 16.4. The van der Waals surface area contributed by atoms with E-state index in [-0.39, 0.29) is 37.7 Å². The van der Waals surface area contributed by atoms with Crippen LogP contribution >= 0.6 is 0 Å². The Bertz CT molecular complexity index is 1230. The fraction of sp³-hybridized carbons (Fsp3) is 0.733. The van der Waals surface area contributed by atoms with Crippen molar-refractivity contribution in [2.45, 2.75) is 109 Å². The molecule has 292 valence electrons. The zero-order valence-corrected chi connectivity index (χ0v) is 29.8. The molecule has 0 radical (unpaired) electrons. The summed E-state index contributed by atoms with van der Waals surface area (Å²) in [5.41, 5.74) is 16.1. The fourth-order valence-electron chi connectivity index (χ4n) is 4.34. The number of aliphatic carboxylic acids is 1. The Balaban J connectivity index is 5.61. The van der Waals surface area contributed by atoms with E-state index >= 15 is 0 Å². The maximum Gasteiger partial charge on any atom is 0.326 e. The minimum atomic E-state index is -1.63. The Morgan fingerprint density at radius 2 is 1.12 bits per heavy atom. The number of carboxylic acids is 1. The summed E-state index contributed by atoms with van der Waals surface area (Å²) in [4.78, 5) is 92.7. The van der Waals surface area contributed by atoms with Gasteiger partial charge in [0.25, 0.3) is 0 Å². The van der Waals surface area contributed by atoms with Crippen molar-refractivity contribution in [1.82, 2.24) is 31.9 Å². The summed E-state index contributed by atoms with van der Waals surface area (Å²) in [5, 5.41) is 52.4. The average Bonchev–Trinajstić information content (AvgIpc) is 3.04. The largest absolute Gasteiger partial charge is 0.480 e. The molecule has 16 N–H and O–H groups in total. The molecule has 0 bridgehead atoms. The molecule has 0 fully saturated rings. The number of amides is 6. The van der Waals surface area contributed by atoms with E-state index in [1.807, 2.05) is 0 Å². The molecule has 0 unspecified atom stereocenters. The van der Waals surface area contributed by atoms with E-state index in [0.717, 1.165) is 0 Å². The molecule has 0 heterocycles. The van der Waals surface area contributed by atoms with Gasteiger partial charge in [-0.1, -0.05) is 27.7 Å². The second kappa shape index (κ2) is 23.0. The molecule has 51 heavy (non-hydrogen) atoms. The van der Waals surface area contributed by atoms with Gasteiger partial charge in [0, 0.05) is 6.54 Å². The summed E-state index contributed by atoms with van der Waals surface area (Å²) in [5.74, 6) is -7.52. The monoisotopic (exact) mass is 732 g/mol. The number of rotatable bonds is 23. The molecule has 0 spiro atoms. The first-order chi connectivity index (χ1) is 23.7. The van der Waals surface area contributed by atoms with Crippen molar-refractivity contribution >= 4 is 47.4 Å². The molecule has 0 saturated heterocycles. The molecule has 0 aliphatic rings. The van der Waals surface area contributed by atoms with E-state index in [9.17, 15) is 54.0 Å². The van der Waals surface area contributed by atoms with Crippen LogP contribution in [-0.4, -0.2) is 136 Å². The van der Waals surface area contributed by atoms with E-state index in [1.54, 1.807) is 27.7 Å². The minimum Gasteiger partial charge on any atom is -0.480 e. The molecule has 8 atom stereocenters. The lowest BCUT2D eigenvalue weighted by atomic mass is 9.99. The van der Waals surface area contributed by atoms with Gasteiger partial charge in [0.2, 0.25) is 35.4 Å². The van der Waals surface area contributed by atoms with Crippen molar-refractivity contribution in [2.24, 2.45) is 34.0 Å². The summed E-state index contributed by atoms with van der Waals surface area (Å²) in [6.45, 7) is 7.60. The lowest BCUT2D eigenvalue weighted by molar-refractivity contribution is -0.142. The number of hydrogen-bond donors (Lipinski definition) is 13. The summed E-state index contributed by atoms with van der Waals surface area (Å²) in [7, 11) is 0. The quantitative estimate of drug-likeness (QED) is 0.0265. The Morgan fingerprint density at radius 3 is 1.57 bits per heavy atom. The maximum absolute atomic E-state index is 13.4. The number of guanidine groups is 1. The summed E-state index contributed by atoms with van der Waals surface area (Å²) in [6, 6.07) is -9.65. The van der Waals surface area contributed by atoms with E-state index in [0.29, 0.717) is 0 Å². The number of carbonyl (C=O) groups excluding carboxylic acids is 6. The lowest BCUT2D eigenvalue weighted by Gasteiger charge is -2.28. The molecular formula is C30H56N10O11. The van der Waals surface area contributed by atoms with Crippen molar-refractivity contribution < 1.29 is 54.0 Å². The van der Waals surface area contributed by atoms with Crippen molar-refractivity contribution in [2.75, 3.05) is 19.8 Å². The van der Waals surface area contributed by atoms with Gasteiger partial charge < -0.3 is 69.5 Å². The van der Waals surface area contributed by atoms with Gasteiger partial charge in [-0.05, 0) is 44.9 Å². The van der Waals surface area contributed by atoms with Crippen LogP contribution in [0.1, 0.15) is 60.8 Å². The van der Waals surface area contributed by atoms with Crippen LogP contribution < -0.4 is 49.1 Å². The van der Waals surface area contributed by atoms with E-state index < -0.39 is 109 Å². The Morgan fingerprint density at radius 1 is 0.647 bits per heavy atom. The average molecular weight is 733 g/mol. The van der Waals surface area contributed by atoms with Crippen molar-refractivity contribution in [3.8, 4) is 0 Å². The van der Waals surface area contributed by atoms with Crippen LogP contribution in [0.4, 0.5) is 0 Å². The van der Waals surface area contributed by atoms with Crippen LogP contribution in [-0.2, 0) is 33.6 Å². The SMILES string of the molecule is CC(C)C[C@H](NC(=O)[C@H](C)NC(=O)[C@H](CO)NC(=O)[C@H](CO)NC(=O)[C@@H](N)[C@@H](C)O)C(=O)N[C@H](C(=O)N[C@@H](CCCN=C(N)N)C(=O)O)C(C)C. The Kier molecular flexibility index (Phi) is 20.9. The highest BCUT2D eigenvalue weighted by molar-refractivity contribution is 5.97. The number of nitrogens with one attached hydrogen (secondary N) is 6. The number of carboxylic acid groups (broad SMARTS) is 1. The van der Waals surface area contributed by atoms with Crippen LogP contribution in [0.25, 0.3) is 0 Å². The third kappa shape index (κ3) is 17.3. The summed E-state index contributed by atoms with van der Waals surface area (Å²) >= 11 is 0. The third-order valence-corrected chi connectivity index (χ3v) is 7.35. The minimum absolute atomic E-state index is 0.00429. The molecular weight excluding hydrogens is 676 g/mol. The Hall–Kier alpha value is -4.60. The predicted molar refractivity (Wildman–Crippen MR) is 183 cm³/mol. The Labute approximate surface area is 296 Å². The van der Waals surface area contributed by atoms with Gasteiger partial charge in [0.15, 0.2) is 5.96 Å². The first-order valence-electron chi connectivity index (χ1n) is 16.4. The normalized spacial score (nSPS) is 15.8. The van der Waals surface area contributed by atoms with Gasteiger partial charge in [-0.15, -0.1) is 0 Å². The highest BCUT2D eigenvalue weighted by Gasteiger charge is 2.33. The second-order valence-corrected chi connectivity index (χ2v) is 12.8. The van der Waals surface area contributed by atoms with E-state index in [4.69, 9.17) is 17.2 Å². The van der Waals surface area contributed by atoms with Crippen molar-refractivity contribution in [3.63, 3.8) is 0 Å². The smallest absolute Gasteiger partial charge is 0.326 e. The van der Waals surface area contributed by atoms with Gasteiger partial charge >= 0.3 is 5.97 Å². The third-order valence-electron chi connectivity index (χ3n) is 7.35. The zero-order valence-electron chi connectivity index (χ0n) is 29.8. The number of nitrogens with zero attached hydrogens (tertiary/aromatic N) is 1. The van der Waals surface area contributed by atoms with Crippen LogP contribution in [0.2, 0.25) is 0 Å². The zero-order chi connectivity index (χ0) is 39.6. The predicted octanol–water partition coefficient (Wildman–Crippen LogP) is -5.55. The molecule has 0 aromatic heterocycles. The lowest BCUT2D eigenvalue weighted by Crippen LogP contribution is -2.61. The number of nitrogens with two attached hydrogens (primary N) is 3. The van der Waals surface area contributed by atoms with Crippen LogP contribution in [0.5, 0.6) is 0 Å². The van der Waals surface area contributed by atoms with Gasteiger partial charge in [0.1, 0.15) is 42.3 Å².